The Hall–Kier alpha value is -2.80. The average molecular weight is 430 g/mol. The van der Waals surface area contributed by atoms with E-state index in [0.717, 1.165) is 5.70 Å². The highest BCUT2D eigenvalue weighted by molar-refractivity contribution is 6.04. The normalized spacial score (nSPS) is 20.2. The van der Waals surface area contributed by atoms with Crippen LogP contribution < -0.4 is 14.8 Å². The Labute approximate surface area is 183 Å². The Balaban J connectivity index is 2.18. The molecule has 0 aromatic heterocycles. The van der Waals surface area contributed by atoms with E-state index >= 15 is 0 Å². The Kier molecular flexibility index (Phi) is 6.74. The molecule has 0 radical (unpaired) electrons. The second-order valence-electron chi connectivity index (χ2n) is 8.67. The first-order valence-corrected chi connectivity index (χ1v) is 10.3. The van der Waals surface area contributed by atoms with Crippen molar-refractivity contribution in [2.75, 3.05) is 34.5 Å². The summed E-state index contributed by atoms with van der Waals surface area (Å²) in [6.07, 6.45) is 1.11. The molecule has 1 N–H and O–H groups in total. The fraction of sp³-hybridized carbons (Fsp3) is 0.500. The summed E-state index contributed by atoms with van der Waals surface area (Å²) in [7, 11) is 4.69. The summed E-state index contributed by atoms with van der Waals surface area (Å²) in [5.41, 5.74) is 3.04. The van der Waals surface area contributed by atoms with E-state index in [2.05, 4.69) is 19.2 Å². The van der Waals surface area contributed by atoms with Gasteiger partial charge in [-0.2, -0.15) is 0 Å². The summed E-state index contributed by atoms with van der Waals surface area (Å²) in [4.78, 5) is 26.5. The first-order valence-electron chi connectivity index (χ1n) is 10.3. The molecule has 0 unspecified atom stereocenters. The molecule has 7 nitrogen and oxygen atoms in total. The van der Waals surface area contributed by atoms with Crippen molar-refractivity contribution in [3.63, 3.8) is 0 Å². The molecule has 3 rings (SSSR count). The van der Waals surface area contributed by atoms with E-state index in [0.29, 0.717) is 53.4 Å². The van der Waals surface area contributed by atoms with Gasteiger partial charge in [0.15, 0.2) is 5.78 Å². The number of hydrogen-bond acceptors (Lipinski definition) is 7. The zero-order chi connectivity index (χ0) is 22.8. The van der Waals surface area contributed by atoms with Crippen LogP contribution in [0.4, 0.5) is 0 Å². The Morgan fingerprint density at radius 3 is 2.52 bits per heavy atom. The number of dihydropyridines is 1. The van der Waals surface area contributed by atoms with Gasteiger partial charge in [0, 0.05) is 36.1 Å². The fourth-order valence-corrected chi connectivity index (χ4v) is 4.38. The summed E-state index contributed by atoms with van der Waals surface area (Å²) in [6, 6.07) is 5.40. The number of allylic oxidation sites excluding steroid dienone is 3. The van der Waals surface area contributed by atoms with Crippen LogP contribution in [0.25, 0.3) is 0 Å². The third-order valence-electron chi connectivity index (χ3n) is 5.73. The third-order valence-corrected chi connectivity index (χ3v) is 5.73. The van der Waals surface area contributed by atoms with Crippen LogP contribution >= 0.6 is 0 Å². The summed E-state index contributed by atoms with van der Waals surface area (Å²) in [5.74, 6) is 0.112. The maximum absolute atomic E-state index is 13.4. The Morgan fingerprint density at radius 1 is 1.13 bits per heavy atom. The SMILES string of the molecule is COCCOC(=O)C1=C(C)NC2=C(C(=O)CC(C)(C)C2)[C@@H]1c1cc(OC)ccc1OC. The number of nitrogens with one attached hydrogen (secondary N) is 1. The lowest BCUT2D eigenvalue weighted by atomic mass is 9.68. The molecule has 0 fully saturated rings. The minimum absolute atomic E-state index is 0.0170. The number of ether oxygens (including phenoxy) is 4. The van der Waals surface area contributed by atoms with Crippen LogP contribution in [0, 0.1) is 5.41 Å². The topological polar surface area (TPSA) is 83.1 Å². The van der Waals surface area contributed by atoms with Gasteiger partial charge in [0.05, 0.1) is 32.3 Å². The molecular weight excluding hydrogens is 398 g/mol. The largest absolute Gasteiger partial charge is 0.497 e. The second kappa shape index (κ2) is 9.14. The number of carbonyl (C=O) groups excluding carboxylic acids is 2. The summed E-state index contributed by atoms with van der Waals surface area (Å²) in [6.45, 7) is 6.40. The number of benzene rings is 1. The minimum atomic E-state index is -0.611. The molecule has 1 aromatic rings. The summed E-state index contributed by atoms with van der Waals surface area (Å²) in [5, 5.41) is 3.33. The molecule has 1 aromatic carbocycles. The van der Waals surface area contributed by atoms with Crippen LogP contribution in [0.1, 0.15) is 45.1 Å². The second-order valence-corrected chi connectivity index (χ2v) is 8.67. The molecule has 1 atom stereocenters. The van der Waals surface area contributed by atoms with Crippen molar-refractivity contribution in [3.8, 4) is 11.5 Å². The van der Waals surface area contributed by atoms with Crippen LogP contribution in [-0.4, -0.2) is 46.3 Å². The standard InChI is InChI=1S/C24H31NO6/c1-14-20(23(27)31-10-9-28-4)21(16-11-15(29-5)7-8-19(16)30-6)22-17(25-14)12-24(2,3)13-18(22)26/h7-8,11,21,25H,9-10,12-13H2,1-6H3/t21-/m1/s1. The molecule has 168 valence electrons. The molecule has 0 saturated heterocycles. The van der Waals surface area contributed by atoms with Gasteiger partial charge in [0.25, 0.3) is 0 Å². The van der Waals surface area contributed by atoms with Crippen molar-refractivity contribution in [2.24, 2.45) is 5.41 Å². The van der Waals surface area contributed by atoms with Crippen molar-refractivity contribution < 1.29 is 28.5 Å². The molecule has 7 heteroatoms. The van der Waals surface area contributed by atoms with E-state index in [1.54, 1.807) is 33.5 Å². The van der Waals surface area contributed by atoms with Gasteiger partial charge in [-0.1, -0.05) is 13.8 Å². The molecule has 0 spiro atoms. The molecule has 1 aliphatic heterocycles. The molecule has 0 saturated carbocycles. The molecule has 0 amide bonds. The number of ketones is 1. The molecule has 31 heavy (non-hydrogen) atoms. The molecule has 1 heterocycles. The van der Waals surface area contributed by atoms with Gasteiger partial charge in [-0.05, 0) is 37.0 Å². The van der Waals surface area contributed by atoms with Crippen LogP contribution in [0.5, 0.6) is 11.5 Å². The van der Waals surface area contributed by atoms with E-state index < -0.39 is 11.9 Å². The Morgan fingerprint density at radius 2 is 1.87 bits per heavy atom. The van der Waals surface area contributed by atoms with Gasteiger partial charge in [0.1, 0.15) is 18.1 Å². The predicted molar refractivity (Wildman–Crippen MR) is 116 cm³/mol. The van der Waals surface area contributed by atoms with Crippen molar-refractivity contribution >= 4 is 11.8 Å². The highest BCUT2D eigenvalue weighted by atomic mass is 16.6. The number of Topliss-reactive ketones (excluding diaryl/α,β-unsaturated/α-hetero) is 1. The highest BCUT2D eigenvalue weighted by Gasteiger charge is 2.44. The monoisotopic (exact) mass is 429 g/mol. The number of hydrogen-bond donors (Lipinski definition) is 1. The maximum atomic E-state index is 13.4. The van der Waals surface area contributed by atoms with Gasteiger partial charge in [-0.3, -0.25) is 4.79 Å². The lowest BCUT2D eigenvalue weighted by Crippen LogP contribution is -2.39. The van der Waals surface area contributed by atoms with E-state index in [9.17, 15) is 9.59 Å². The first kappa shape index (κ1) is 22.9. The van der Waals surface area contributed by atoms with Crippen molar-refractivity contribution in [1.29, 1.82) is 0 Å². The van der Waals surface area contributed by atoms with Gasteiger partial charge in [-0.25, -0.2) is 4.79 Å². The van der Waals surface area contributed by atoms with E-state index in [1.807, 2.05) is 13.0 Å². The fourth-order valence-electron chi connectivity index (χ4n) is 4.38. The lowest BCUT2D eigenvalue weighted by molar-refractivity contribution is -0.140. The van der Waals surface area contributed by atoms with Crippen LogP contribution in [0.15, 0.2) is 40.7 Å². The summed E-state index contributed by atoms with van der Waals surface area (Å²) >= 11 is 0. The van der Waals surface area contributed by atoms with Gasteiger partial charge < -0.3 is 24.3 Å². The van der Waals surface area contributed by atoms with Gasteiger partial charge in [0.2, 0.25) is 0 Å². The number of rotatable bonds is 7. The van der Waals surface area contributed by atoms with E-state index in [-0.39, 0.29) is 17.8 Å². The maximum Gasteiger partial charge on any atom is 0.336 e. The van der Waals surface area contributed by atoms with Crippen LogP contribution in [0.3, 0.4) is 0 Å². The zero-order valence-corrected chi connectivity index (χ0v) is 19.1. The average Bonchev–Trinajstić information content (AvgIpc) is 2.71. The first-order chi connectivity index (χ1) is 14.7. The Bertz CT molecular complexity index is 943. The zero-order valence-electron chi connectivity index (χ0n) is 19.1. The highest BCUT2D eigenvalue weighted by Crippen LogP contribution is 2.49. The summed E-state index contributed by atoms with van der Waals surface area (Å²) < 4.78 is 21.5. The van der Waals surface area contributed by atoms with Crippen LogP contribution in [-0.2, 0) is 19.1 Å². The smallest absolute Gasteiger partial charge is 0.336 e. The quantitative estimate of drug-likeness (QED) is 0.525. The van der Waals surface area contributed by atoms with Crippen molar-refractivity contribution in [1.82, 2.24) is 5.32 Å². The van der Waals surface area contributed by atoms with Crippen molar-refractivity contribution in [2.45, 2.75) is 39.5 Å². The predicted octanol–water partition coefficient (Wildman–Crippen LogP) is 3.50. The van der Waals surface area contributed by atoms with Crippen LogP contribution in [0.2, 0.25) is 0 Å². The molecule has 1 aliphatic carbocycles. The van der Waals surface area contributed by atoms with Crippen molar-refractivity contribution in [3.05, 3.63) is 46.3 Å². The number of methoxy groups -OCH3 is 3. The van der Waals surface area contributed by atoms with E-state index in [4.69, 9.17) is 18.9 Å². The molecule has 2 aliphatic rings. The minimum Gasteiger partial charge on any atom is -0.497 e. The van der Waals surface area contributed by atoms with E-state index in [1.165, 1.54) is 0 Å². The number of esters is 1. The molecular formula is C24H31NO6. The lowest BCUT2D eigenvalue weighted by Gasteiger charge is -2.39. The van der Waals surface area contributed by atoms with Gasteiger partial charge in [-0.15, -0.1) is 0 Å². The third kappa shape index (κ3) is 4.61. The van der Waals surface area contributed by atoms with Gasteiger partial charge >= 0.3 is 5.97 Å². The molecule has 0 bridgehead atoms. The number of carbonyl (C=O) groups is 2.